The van der Waals surface area contributed by atoms with Gasteiger partial charge in [-0.15, -0.1) is 0 Å². The van der Waals surface area contributed by atoms with E-state index in [9.17, 15) is 4.79 Å². The van der Waals surface area contributed by atoms with Crippen molar-refractivity contribution in [1.82, 2.24) is 4.98 Å². The first-order valence-electron chi connectivity index (χ1n) is 5.43. The molecule has 0 atom stereocenters. The maximum Gasteiger partial charge on any atom is 0.267 e. The van der Waals surface area contributed by atoms with E-state index in [-0.39, 0.29) is 5.91 Å². The van der Waals surface area contributed by atoms with Crippen LogP contribution in [0.4, 0.5) is 10.8 Å². The van der Waals surface area contributed by atoms with Gasteiger partial charge in [-0.05, 0) is 24.6 Å². The van der Waals surface area contributed by atoms with Crippen LogP contribution in [0.25, 0.3) is 0 Å². The van der Waals surface area contributed by atoms with Gasteiger partial charge in [-0.1, -0.05) is 23.5 Å². The lowest BCUT2D eigenvalue weighted by Gasteiger charge is -2.05. The molecule has 6 heteroatoms. The molecule has 0 saturated heterocycles. The lowest BCUT2D eigenvalue weighted by Crippen LogP contribution is -2.12. The molecule has 0 radical (unpaired) electrons. The molecule has 0 fully saturated rings. The number of thiazole rings is 1. The highest BCUT2D eigenvalue weighted by Gasteiger charge is 2.14. The van der Waals surface area contributed by atoms with Gasteiger partial charge in [0, 0.05) is 12.2 Å². The third-order valence-corrected chi connectivity index (χ3v) is 3.43. The van der Waals surface area contributed by atoms with Crippen LogP contribution in [0.1, 0.15) is 20.9 Å². The summed E-state index contributed by atoms with van der Waals surface area (Å²) in [6, 6.07) is 7.42. The molecule has 1 aromatic heterocycles. The predicted octanol–water partition coefficient (Wildman–Crippen LogP) is 1.74. The van der Waals surface area contributed by atoms with Gasteiger partial charge in [-0.25, -0.2) is 4.98 Å². The second-order valence-electron chi connectivity index (χ2n) is 3.83. The number of amides is 1. The van der Waals surface area contributed by atoms with Crippen LogP contribution in [0.3, 0.4) is 0 Å². The highest BCUT2D eigenvalue weighted by molar-refractivity contribution is 7.17. The average Bonchev–Trinajstić information content (AvgIpc) is 2.69. The number of hydrogen-bond donors (Lipinski definition) is 3. The molecule has 5 nitrogen and oxygen atoms in total. The van der Waals surface area contributed by atoms with E-state index in [1.54, 1.807) is 6.92 Å². The Bertz CT molecular complexity index is 579. The van der Waals surface area contributed by atoms with Crippen molar-refractivity contribution in [3.8, 4) is 0 Å². The number of aromatic nitrogens is 1. The van der Waals surface area contributed by atoms with Crippen LogP contribution in [0.2, 0.25) is 0 Å². The van der Waals surface area contributed by atoms with Gasteiger partial charge in [0.05, 0.1) is 5.69 Å². The molecular formula is C12H14N4OS. The summed E-state index contributed by atoms with van der Waals surface area (Å²) in [5, 5.41) is 3.20. The standard InChI is InChI=1S/C12H14N4OS/c1-7-10(18-12(14)15-7)11(17)16-9-4-2-3-8(5-9)6-13/h2-5H,6,13H2,1H3,(H2,14,15)(H,16,17). The normalized spacial score (nSPS) is 10.3. The maximum absolute atomic E-state index is 12.0. The second kappa shape index (κ2) is 5.16. The largest absolute Gasteiger partial charge is 0.375 e. The third kappa shape index (κ3) is 2.66. The number of carbonyl (C=O) groups is 1. The van der Waals surface area contributed by atoms with Gasteiger partial charge in [-0.3, -0.25) is 4.79 Å². The van der Waals surface area contributed by atoms with Crippen molar-refractivity contribution in [3.05, 3.63) is 40.4 Å². The lowest BCUT2D eigenvalue weighted by molar-refractivity contribution is 0.103. The van der Waals surface area contributed by atoms with E-state index in [4.69, 9.17) is 11.5 Å². The monoisotopic (exact) mass is 262 g/mol. The molecule has 1 heterocycles. The van der Waals surface area contributed by atoms with E-state index in [1.807, 2.05) is 24.3 Å². The van der Waals surface area contributed by atoms with Crippen LogP contribution in [0, 0.1) is 6.92 Å². The number of nitrogens with two attached hydrogens (primary N) is 2. The van der Waals surface area contributed by atoms with E-state index < -0.39 is 0 Å². The summed E-state index contributed by atoms with van der Waals surface area (Å²) in [4.78, 5) is 16.6. The van der Waals surface area contributed by atoms with Crippen molar-refractivity contribution in [2.45, 2.75) is 13.5 Å². The van der Waals surface area contributed by atoms with Crippen LogP contribution in [0.15, 0.2) is 24.3 Å². The van der Waals surface area contributed by atoms with Crippen molar-refractivity contribution in [2.75, 3.05) is 11.1 Å². The lowest BCUT2D eigenvalue weighted by atomic mass is 10.2. The Morgan fingerprint density at radius 1 is 1.50 bits per heavy atom. The average molecular weight is 262 g/mol. The topological polar surface area (TPSA) is 94.0 Å². The number of nitrogens with one attached hydrogen (secondary N) is 1. The molecule has 2 aromatic rings. The minimum absolute atomic E-state index is 0.198. The molecule has 1 amide bonds. The Balaban J connectivity index is 2.18. The fourth-order valence-corrected chi connectivity index (χ4v) is 2.32. The number of nitrogens with zero attached hydrogens (tertiary/aromatic N) is 1. The first-order chi connectivity index (χ1) is 8.60. The molecule has 0 bridgehead atoms. The Labute approximate surface area is 109 Å². The number of carbonyl (C=O) groups excluding carboxylic acids is 1. The van der Waals surface area contributed by atoms with Gasteiger partial charge < -0.3 is 16.8 Å². The smallest absolute Gasteiger partial charge is 0.267 e. The summed E-state index contributed by atoms with van der Waals surface area (Å²) in [6.45, 7) is 2.20. The second-order valence-corrected chi connectivity index (χ2v) is 4.86. The summed E-state index contributed by atoms with van der Waals surface area (Å²) < 4.78 is 0. The molecule has 0 aliphatic rings. The van der Waals surface area contributed by atoms with Crippen LogP contribution < -0.4 is 16.8 Å². The molecule has 5 N–H and O–H groups in total. The summed E-state index contributed by atoms with van der Waals surface area (Å²) in [7, 11) is 0. The first-order valence-corrected chi connectivity index (χ1v) is 6.25. The summed E-state index contributed by atoms with van der Waals surface area (Å²) in [5.74, 6) is -0.198. The van der Waals surface area contributed by atoms with Gasteiger partial charge in [0.2, 0.25) is 0 Å². The minimum Gasteiger partial charge on any atom is -0.375 e. The van der Waals surface area contributed by atoms with E-state index in [2.05, 4.69) is 10.3 Å². The minimum atomic E-state index is -0.198. The van der Waals surface area contributed by atoms with Gasteiger partial charge in [0.1, 0.15) is 4.88 Å². The molecule has 0 saturated carbocycles. The quantitative estimate of drug-likeness (QED) is 0.785. The van der Waals surface area contributed by atoms with Gasteiger partial charge in [0.25, 0.3) is 5.91 Å². The Morgan fingerprint density at radius 3 is 2.89 bits per heavy atom. The van der Waals surface area contributed by atoms with Crippen molar-refractivity contribution in [2.24, 2.45) is 5.73 Å². The molecule has 0 unspecified atom stereocenters. The van der Waals surface area contributed by atoms with Gasteiger partial charge >= 0.3 is 0 Å². The van der Waals surface area contributed by atoms with E-state index in [1.165, 1.54) is 11.3 Å². The van der Waals surface area contributed by atoms with Crippen LogP contribution in [-0.4, -0.2) is 10.9 Å². The molecule has 0 spiro atoms. The highest BCUT2D eigenvalue weighted by Crippen LogP contribution is 2.21. The first kappa shape index (κ1) is 12.5. The number of anilines is 2. The van der Waals surface area contributed by atoms with E-state index in [0.29, 0.717) is 27.9 Å². The molecule has 94 valence electrons. The number of aryl methyl sites for hydroxylation is 1. The van der Waals surface area contributed by atoms with Crippen molar-refractivity contribution < 1.29 is 4.79 Å². The fraction of sp³-hybridized carbons (Fsp3) is 0.167. The number of hydrogen-bond acceptors (Lipinski definition) is 5. The zero-order valence-corrected chi connectivity index (χ0v) is 10.8. The van der Waals surface area contributed by atoms with Crippen LogP contribution in [-0.2, 0) is 6.54 Å². The van der Waals surface area contributed by atoms with Crippen molar-refractivity contribution in [3.63, 3.8) is 0 Å². The van der Waals surface area contributed by atoms with Crippen LogP contribution in [0.5, 0.6) is 0 Å². The molecule has 0 aliphatic heterocycles. The third-order valence-electron chi connectivity index (χ3n) is 2.44. The van der Waals surface area contributed by atoms with Crippen LogP contribution >= 0.6 is 11.3 Å². The Hall–Kier alpha value is -1.92. The Kier molecular flexibility index (Phi) is 3.59. The van der Waals surface area contributed by atoms with E-state index in [0.717, 1.165) is 5.56 Å². The Morgan fingerprint density at radius 2 is 2.28 bits per heavy atom. The number of nitrogen functional groups attached to an aromatic ring is 1. The molecule has 2 rings (SSSR count). The van der Waals surface area contributed by atoms with E-state index >= 15 is 0 Å². The molecule has 0 aliphatic carbocycles. The summed E-state index contributed by atoms with van der Waals surface area (Å²) in [6.07, 6.45) is 0. The number of benzene rings is 1. The molecule has 1 aromatic carbocycles. The summed E-state index contributed by atoms with van der Waals surface area (Å²) in [5.41, 5.74) is 13.4. The zero-order chi connectivity index (χ0) is 13.1. The predicted molar refractivity (Wildman–Crippen MR) is 73.6 cm³/mol. The fourth-order valence-electron chi connectivity index (χ4n) is 1.59. The molecular weight excluding hydrogens is 248 g/mol. The maximum atomic E-state index is 12.0. The highest BCUT2D eigenvalue weighted by atomic mass is 32.1. The van der Waals surface area contributed by atoms with Gasteiger partial charge in [-0.2, -0.15) is 0 Å². The van der Waals surface area contributed by atoms with Crippen molar-refractivity contribution in [1.29, 1.82) is 0 Å². The molecule has 18 heavy (non-hydrogen) atoms. The van der Waals surface area contributed by atoms with Gasteiger partial charge in [0.15, 0.2) is 5.13 Å². The van der Waals surface area contributed by atoms with Crippen molar-refractivity contribution >= 4 is 28.1 Å². The number of rotatable bonds is 3. The zero-order valence-electron chi connectivity index (χ0n) is 9.93. The SMILES string of the molecule is Cc1nc(N)sc1C(=O)Nc1cccc(CN)c1. The summed E-state index contributed by atoms with van der Waals surface area (Å²) >= 11 is 1.18.